The first-order valence-corrected chi connectivity index (χ1v) is 11.7. The molecule has 0 aromatic heterocycles. The lowest BCUT2D eigenvalue weighted by Crippen LogP contribution is -2.12. The number of benzene rings is 3. The summed E-state index contributed by atoms with van der Waals surface area (Å²) in [5, 5.41) is 9.65. The van der Waals surface area contributed by atoms with Crippen LogP contribution in [0, 0.1) is 0 Å². The fourth-order valence-electron chi connectivity index (χ4n) is 2.80. The molecule has 0 radical (unpaired) electrons. The largest absolute Gasteiger partial charge is 0.493 e. The van der Waals surface area contributed by atoms with Crippen LogP contribution >= 0.6 is 34.8 Å². The molecule has 3 aromatic rings. The molecule has 0 bridgehead atoms. The van der Waals surface area contributed by atoms with Gasteiger partial charge in [-0.3, -0.25) is 0 Å². The van der Waals surface area contributed by atoms with E-state index >= 15 is 0 Å². The minimum Gasteiger partial charge on any atom is -0.493 e. The number of methoxy groups -OCH3 is 1. The number of nitrogens with one attached hydrogen (secondary N) is 1. The Labute approximate surface area is 195 Å². The van der Waals surface area contributed by atoms with Crippen molar-refractivity contribution in [3.63, 3.8) is 0 Å². The highest BCUT2D eigenvalue weighted by molar-refractivity contribution is 7.89. The smallest absolute Gasteiger partial charge is 0.238 e. The number of nitrogens with two attached hydrogens (primary N) is 1. The minimum absolute atomic E-state index is 0.0443. The number of hydrogen-bond donors (Lipinski definition) is 2. The van der Waals surface area contributed by atoms with Crippen LogP contribution in [0.1, 0.15) is 11.1 Å². The molecule has 0 saturated carbocycles. The van der Waals surface area contributed by atoms with Gasteiger partial charge in [-0.1, -0.05) is 40.9 Å². The standard InChI is InChI=1S/C21H19Cl3N2O4S/c1-29-20-10-13(11-26-14-5-7-15(8-6-14)31(25,27)28)9-19(24)21(20)30-12-16-17(22)3-2-4-18(16)23/h2-10,26H,11-12H2,1H3,(H2,25,27,28). The SMILES string of the molecule is COc1cc(CNc2ccc(S(N)(=O)=O)cc2)cc(Cl)c1OCc1c(Cl)cccc1Cl. The Balaban J connectivity index is 1.73. The molecule has 0 amide bonds. The first-order valence-electron chi connectivity index (χ1n) is 8.98. The number of primary sulfonamides is 1. The van der Waals surface area contributed by atoms with E-state index in [9.17, 15) is 8.42 Å². The number of rotatable bonds is 8. The molecular formula is C21H19Cl3N2O4S. The second-order valence-corrected chi connectivity index (χ2v) is 9.30. The third-order valence-electron chi connectivity index (χ3n) is 4.39. The Kier molecular flexibility index (Phi) is 7.56. The summed E-state index contributed by atoms with van der Waals surface area (Å²) in [4.78, 5) is 0.0443. The van der Waals surface area contributed by atoms with Crippen molar-refractivity contribution >= 4 is 50.5 Å². The maximum Gasteiger partial charge on any atom is 0.238 e. The summed E-state index contributed by atoms with van der Waals surface area (Å²) in [6, 6.07) is 14.9. The van der Waals surface area contributed by atoms with Crippen LogP contribution in [0.2, 0.25) is 15.1 Å². The van der Waals surface area contributed by atoms with Crippen LogP contribution in [0.25, 0.3) is 0 Å². The van der Waals surface area contributed by atoms with Gasteiger partial charge >= 0.3 is 0 Å². The van der Waals surface area contributed by atoms with Crippen molar-refractivity contribution in [3.8, 4) is 11.5 Å². The monoisotopic (exact) mass is 500 g/mol. The van der Waals surface area contributed by atoms with Crippen LogP contribution in [-0.4, -0.2) is 15.5 Å². The number of sulfonamides is 1. The number of anilines is 1. The maximum absolute atomic E-state index is 11.3. The van der Waals surface area contributed by atoms with Gasteiger partial charge in [0.2, 0.25) is 10.0 Å². The molecule has 0 spiro atoms. The Morgan fingerprint density at radius 2 is 1.61 bits per heavy atom. The first kappa shape index (κ1) is 23.5. The Bertz CT molecular complexity index is 1170. The van der Waals surface area contributed by atoms with Gasteiger partial charge < -0.3 is 14.8 Å². The molecule has 0 unspecified atom stereocenters. The van der Waals surface area contributed by atoms with Crippen molar-refractivity contribution in [1.82, 2.24) is 0 Å². The molecule has 0 aliphatic rings. The van der Waals surface area contributed by atoms with Crippen molar-refractivity contribution in [1.29, 1.82) is 0 Å². The van der Waals surface area contributed by atoms with Crippen LogP contribution in [0.15, 0.2) is 59.5 Å². The fourth-order valence-corrected chi connectivity index (χ4v) is 4.11. The van der Waals surface area contributed by atoms with Gasteiger partial charge in [-0.05, 0) is 54.1 Å². The van der Waals surface area contributed by atoms with E-state index in [-0.39, 0.29) is 11.5 Å². The fraction of sp³-hybridized carbons (Fsp3) is 0.143. The zero-order valence-electron chi connectivity index (χ0n) is 16.4. The van der Waals surface area contributed by atoms with E-state index < -0.39 is 10.0 Å². The van der Waals surface area contributed by atoms with Gasteiger partial charge in [0.15, 0.2) is 11.5 Å². The van der Waals surface area contributed by atoms with Gasteiger partial charge in [-0.2, -0.15) is 0 Å². The summed E-state index contributed by atoms with van der Waals surface area (Å²) in [6.45, 7) is 0.546. The van der Waals surface area contributed by atoms with E-state index in [0.29, 0.717) is 38.7 Å². The lowest BCUT2D eigenvalue weighted by Gasteiger charge is -2.16. The van der Waals surface area contributed by atoms with Gasteiger partial charge in [0.1, 0.15) is 6.61 Å². The van der Waals surface area contributed by atoms with Crippen molar-refractivity contribution in [3.05, 3.63) is 80.8 Å². The van der Waals surface area contributed by atoms with Crippen molar-refractivity contribution in [2.75, 3.05) is 12.4 Å². The van der Waals surface area contributed by atoms with Crippen molar-refractivity contribution in [2.45, 2.75) is 18.0 Å². The summed E-state index contributed by atoms with van der Waals surface area (Å²) < 4.78 is 34.0. The molecule has 10 heteroatoms. The third-order valence-corrected chi connectivity index (χ3v) is 6.31. The number of hydrogen-bond acceptors (Lipinski definition) is 5. The topological polar surface area (TPSA) is 90.6 Å². The molecule has 0 saturated heterocycles. The summed E-state index contributed by atoms with van der Waals surface area (Å²) in [6.07, 6.45) is 0. The van der Waals surface area contributed by atoms with E-state index in [1.807, 2.05) is 0 Å². The summed E-state index contributed by atoms with van der Waals surface area (Å²) >= 11 is 18.8. The molecular weight excluding hydrogens is 483 g/mol. The molecule has 31 heavy (non-hydrogen) atoms. The second kappa shape index (κ2) is 9.97. The van der Waals surface area contributed by atoms with Crippen LogP contribution < -0.4 is 19.9 Å². The van der Waals surface area contributed by atoms with Gasteiger partial charge in [-0.15, -0.1) is 0 Å². The average molecular weight is 502 g/mol. The zero-order chi connectivity index (χ0) is 22.6. The van der Waals surface area contributed by atoms with Gasteiger partial charge in [0.25, 0.3) is 0 Å². The second-order valence-electron chi connectivity index (χ2n) is 6.52. The number of ether oxygens (including phenoxy) is 2. The first-order chi connectivity index (χ1) is 14.7. The van der Waals surface area contributed by atoms with Gasteiger partial charge in [0, 0.05) is 27.8 Å². The molecule has 3 rings (SSSR count). The lowest BCUT2D eigenvalue weighted by molar-refractivity contribution is 0.284. The highest BCUT2D eigenvalue weighted by atomic mass is 35.5. The minimum atomic E-state index is -3.73. The molecule has 0 heterocycles. The van der Waals surface area contributed by atoms with Gasteiger partial charge in [0.05, 0.1) is 17.0 Å². The Morgan fingerprint density at radius 1 is 0.968 bits per heavy atom. The Morgan fingerprint density at radius 3 is 2.19 bits per heavy atom. The average Bonchev–Trinajstić information content (AvgIpc) is 2.72. The quantitative estimate of drug-likeness (QED) is 0.426. The predicted octanol–water partition coefficient (Wildman–Crippen LogP) is 5.49. The summed E-state index contributed by atoms with van der Waals surface area (Å²) in [5.41, 5.74) is 2.20. The highest BCUT2D eigenvalue weighted by Crippen LogP contribution is 2.38. The third kappa shape index (κ3) is 5.96. The predicted molar refractivity (Wildman–Crippen MR) is 124 cm³/mol. The van der Waals surface area contributed by atoms with Crippen molar-refractivity contribution in [2.24, 2.45) is 5.14 Å². The van der Waals surface area contributed by atoms with Crippen LogP contribution in [0.5, 0.6) is 11.5 Å². The van der Waals surface area contributed by atoms with E-state index in [4.69, 9.17) is 49.4 Å². The van der Waals surface area contributed by atoms with Crippen LogP contribution in [0.3, 0.4) is 0 Å². The number of halogens is 3. The molecule has 3 aromatic carbocycles. The van der Waals surface area contributed by atoms with Crippen LogP contribution in [0.4, 0.5) is 5.69 Å². The zero-order valence-corrected chi connectivity index (χ0v) is 19.4. The maximum atomic E-state index is 11.3. The van der Waals surface area contributed by atoms with E-state index in [1.54, 1.807) is 42.5 Å². The van der Waals surface area contributed by atoms with E-state index in [1.165, 1.54) is 19.2 Å². The molecule has 0 fully saturated rings. The van der Waals surface area contributed by atoms with Crippen molar-refractivity contribution < 1.29 is 17.9 Å². The lowest BCUT2D eigenvalue weighted by atomic mass is 10.2. The van der Waals surface area contributed by atoms with E-state index in [0.717, 1.165) is 11.3 Å². The Hall–Kier alpha value is -2.16. The molecule has 164 valence electrons. The highest BCUT2D eigenvalue weighted by Gasteiger charge is 2.15. The molecule has 3 N–H and O–H groups in total. The summed E-state index contributed by atoms with van der Waals surface area (Å²) in [7, 11) is -2.21. The normalized spacial score (nSPS) is 11.3. The van der Waals surface area contributed by atoms with Crippen LogP contribution in [-0.2, 0) is 23.2 Å². The molecule has 0 atom stereocenters. The van der Waals surface area contributed by atoms with Gasteiger partial charge in [-0.25, -0.2) is 13.6 Å². The van der Waals surface area contributed by atoms with E-state index in [2.05, 4.69) is 5.32 Å². The molecule has 6 nitrogen and oxygen atoms in total. The molecule has 0 aliphatic carbocycles. The summed E-state index contributed by atoms with van der Waals surface area (Å²) in [5.74, 6) is 0.832. The molecule has 0 aliphatic heterocycles.